The Morgan fingerprint density at radius 3 is 0.933 bits per heavy atom. The predicted molar refractivity (Wildman–Crippen MR) is 70.1 cm³/mol. The highest BCUT2D eigenvalue weighted by atomic mass is 16.5. The molecule has 0 fully saturated rings. The Labute approximate surface area is 95.4 Å². The highest BCUT2D eigenvalue weighted by molar-refractivity contribution is 4.22. The third kappa shape index (κ3) is 366. The highest BCUT2D eigenvalue weighted by Crippen LogP contribution is 1.64. The SMILES string of the molecule is C=C.C=C.C=C.CCOCC.OCCO. The maximum absolute atomic E-state index is 7.62. The molecule has 0 aliphatic carbocycles. The summed E-state index contributed by atoms with van der Waals surface area (Å²) in [7, 11) is 0. The van der Waals surface area contributed by atoms with E-state index in [4.69, 9.17) is 14.9 Å². The summed E-state index contributed by atoms with van der Waals surface area (Å²) in [5.74, 6) is 0. The molecule has 0 unspecified atom stereocenters. The average Bonchev–Trinajstić information content (AvgIpc) is 2.38. The molecule has 0 radical (unpaired) electrons. The quantitative estimate of drug-likeness (QED) is 0.718. The highest BCUT2D eigenvalue weighted by Gasteiger charge is 1.64. The molecule has 3 heteroatoms. The van der Waals surface area contributed by atoms with E-state index in [0.29, 0.717) is 0 Å². The second-order valence-electron chi connectivity index (χ2n) is 1.23. The van der Waals surface area contributed by atoms with Crippen molar-refractivity contribution in [2.45, 2.75) is 13.8 Å². The van der Waals surface area contributed by atoms with Crippen molar-refractivity contribution in [2.75, 3.05) is 26.4 Å². The molecule has 3 nitrogen and oxygen atoms in total. The molecule has 0 aromatic rings. The molecule has 0 aliphatic rings. The molecule has 0 aromatic carbocycles. The lowest BCUT2D eigenvalue weighted by atomic mass is 10.8. The van der Waals surface area contributed by atoms with Gasteiger partial charge in [-0.3, -0.25) is 0 Å². The van der Waals surface area contributed by atoms with Gasteiger partial charge in [-0.25, -0.2) is 0 Å². The van der Waals surface area contributed by atoms with Crippen molar-refractivity contribution in [1.29, 1.82) is 0 Å². The van der Waals surface area contributed by atoms with Gasteiger partial charge in [0.15, 0.2) is 0 Å². The number of aliphatic hydroxyl groups is 2. The van der Waals surface area contributed by atoms with Gasteiger partial charge in [-0.05, 0) is 13.8 Å². The van der Waals surface area contributed by atoms with Gasteiger partial charge in [-0.15, -0.1) is 39.5 Å². The van der Waals surface area contributed by atoms with Gasteiger partial charge in [0.05, 0.1) is 13.2 Å². The van der Waals surface area contributed by atoms with Gasteiger partial charge < -0.3 is 14.9 Å². The van der Waals surface area contributed by atoms with E-state index in [1.54, 1.807) is 0 Å². The topological polar surface area (TPSA) is 49.7 Å². The van der Waals surface area contributed by atoms with Crippen LogP contribution in [0.25, 0.3) is 0 Å². The average molecular weight is 220 g/mol. The van der Waals surface area contributed by atoms with Crippen molar-refractivity contribution >= 4 is 0 Å². The first-order valence-electron chi connectivity index (χ1n) is 4.62. The molecule has 0 saturated carbocycles. The fraction of sp³-hybridized carbons (Fsp3) is 0.500. The molecular weight excluding hydrogens is 192 g/mol. The van der Waals surface area contributed by atoms with Gasteiger partial charge in [0.25, 0.3) is 0 Å². The Balaban J connectivity index is -0.0000000301. The van der Waals surface area contributed by atoms with Crippen LogP contribution in [0.2, 0.25) is 0 Å². The van der Waals surface area contributed by atoms with Crippen LogP contribution in [0.4, 0.5) is 0 Å². The smallest absolute Gasteiger partial charge is 0.0662 e. The van der Waals surface area contributed by atoms with E-state index in [1.807, 2.05) is 13.8 Å². The molecule has 0 aromatic heterocycles. The summed E-state index contributed by atoms with van der Waals surface area (Å²) in [5.41, 5.74) is 0. The standard InChI is InChI=1S/C4H10O.C2H6O2.3C2H4/c1-3-5-4-2;3-1-2-4;3*1-2/h3-4H2,1-2H3;3-4H,1-2H2;3*1-2H2. The number of aliphatic hydroxyl groups excluding tert-OH is 2. The fourth-order valence-electron chi connectivity index (χ4n) is 0.204. The van der Waals surface area contributed by atoms with Crippen molar-refractivity contribution in [3.63, 3.8) is 0 Å². The summed E-state index contributed by atoms with van der Waals surface area (Å²) in [4.78, 5) is 0. The van der Waals surface area contributed by atoms with E-state index in [0.717, 1.165) is 13.2 Å². The first kappa shape index (κ1) is 29.2. The predicted octanol–water partition coefficient (Wildman–Crippen LogP) is 2.42. The van der Waals surface area contributed by atoms with Crippen LogP contribution in [-0.2, 0) is 4.74 Å². The summed E-state index contributed by atoms with van der Waals surface area (Å²) in [5, 5.41) is 15.2. The minimum absolute atomic E-state index is 0.125. The van der Waals surface area contributed by atoms with Crippen molar-refractivity contribution in [2.24, 2.45) is 0 Å². The number of hydrogen-bond acceptors (Lipinski definition) is 3. The molecule has 15 heavy (non-hydrogen) atoms. The second kappa shape index (κ2) is 114. The molecule has 0 heterocycles. The van der Waals surface area contributed by atoms with Crippen LogP contribution in [0.3, 0.4) is 0 Å². The molecule has 0 aliphatic heterocycles. The Morgan fingerprint density at radius 1 is 0.733 bits per heavy atom. The van der Waals surface area contributed by atoms with Crippen LogP contribution < -0.4 is 0 Å². The molecular formula is C12H28O3. The van der Waals surface area contributed by atoms with E-state index in [2.05, 4.69) is 39.5 Å². The maximum atomic E-state index is 7.62. The normalized spacial score (nSPS) is 5.60. The van der Waals surface area contributed by atoms with Crippen molar-refractivity contribution < 1.29 is 14.9 Å². The third-order valence-electron chi connectivity index (χ3n) is 0.508. The Bertz CT molecular complexity index is 50.1. The van der Waals surface area contributed by atoms with Gasteiger partial charge in [0.1, 0.15) is 0 Å². The molecule has 0 bridgehead atoms. The first-order chi connectivity index (χ1) is 7.33. The number of rotatable bonds is 3. The largest absolute Gasteiger partial charge is 0.394 e. The molecule has 2 N–H and O–H groups in total. The molecule has 94 valence electrons. The van der Waals surface area contributed by atoms with Crippen LogP contribution in [0.1, 0.15) is 13.8 Å². The van der Waals surface area contributed by atoms with Crippen LogP contribution in [0.15, 0.2) is 39.5 Å². The molecule has 0 saturated heterocycles. The van der Waals surface area contributed by atoms with Crippen molar-refractivity contribution in [3.8, 4) is 0 Å². The van der Waals surface area contributed by atoms with Gasteiger partial charge >= 0.3 is 0 Å². The van der Waals surface area contributed by atoms with Gasteiger partial charge in [-0.1, -0.05) is 0 Å². The zero-order valence-electron chi connectivity index (χ0n) is 10.4. The monoisotopic (exact) mass is 220 g/mol. The van der Waals surface area contributed by atoms with Crippen LogP contribution in [0, 0.1) is 0 Å². The van der Waals surface area contributed by atoms with Crippen molar-refractivity contribution in [3.05, 3.63) is 39.5 Å². The summed E-state index contributed by atoms with van der Waals surface area (Å²) in [6.45, 7) is 23.4. The minimum Gasteiger partial charge on any atom is -0.394 e. The van der Waals surface area contributed by atoms with Crippen LogP contribution in [-0.4, -0.2) is 36.6 Å². The van der Waals surface area contributed by atoms with Crippen LogP contribution in [0.5, 0.6) is 0 Å². The lowest BCUT2D eigenvalue weighted by Crippen LogP contribution is -1.85. The zero-order valence-corrected chi connectivity index (χ0v) is 10.4. The Hall–Kier alpha value is -0.900. The molecule has 0 atom stereocenters. The van der Waals surface area contributed by atoms with Gasteiger partial charge in [0.2, 0.25) is 0 Å². The Kier molecular flexibility index (Phi) is 222. The van der Waals surface area contributed by atoms with E-state index >= 15 is 0 Å². The minimum atomic E-state index is -0.125. The lowest BCUT2D eigenvalue weighted by Gasteiger charge is -1.86. The second-order valence-corrected chi connectivity index (χ2v) is 1.23. The molecule has 0 rings (SSSR count). The zero-order chi connectivity index (χ0) is 13.5. The van der Waals surface area contributed by atoms with Gasteiger partial charge in [-0.2, -0.15) is 0 Å². The summed E-state index contributed by atoms with van der Waals surface area (Å²) >= 11 is 0. The van der Waals surface area contributed by atoms with Gasteiger partial charge in [0, 0.05) is 13.2 Å². The van der Waals surface area contributed by atoms with Crippen LogP contribution >= 0.6 is 0 Å². The summed E-state index contributed by atoms with van der Waals surface area (Å²) in [6, 6.07) is 0. The number of ether oxygens (including phenoxy) is 1. The maximum Gasteiger partial charge on any atom is 0.0662 e. The van der Waals surface area contributed by atoms with E-state index < -0.39 is 0 Å². The fourth-order valence-corrected chi connectivity index (χ4v) is 0.204. The third-order valence-corrected chi connectivity index (χ3v) is 0.508. The molecule has 0 spiro atoms. The van der Waals surface area contributed by atoms with E-state index in [-0.39, 0.29) is 13.2 Å². The molecule has 0 amide bonds. The summed E-state index contributed by atoms with van der Waals surface area (Å²) < 4.78 is 4.83. The van der Waals surface area contributed by atoms with E-state index in [1.165, 1.54) is 0 Å². The number of hydrogen-bond donors (Lipinski definition) is 2. The van der Waals surface area contributed by atoms with E-state index in [9.17, 15) is 0 Å². The first-order valence-corrected chi connectivity index (χ1v) is 4.62. The lowest BCUT2D eigenvalue weighted by molar-refractivity contribution is 0.162. The van der Waals surface area contributed by atoms with Crippen molar-refractivity contribution in [1.82, 2.24) is 0 Å². The Morgan fingerprint density at radius 2 is 0.933 bits per heavy atom. The summed E-state index contributed by atoms with van der Waals surface area (Å²) in [6.07, 6.45) is 0.